The second-order valence-electron chi connectivity index (χ2n) is 5.38. The van der Waals surface area contributed by atoms with Crippen LogP contribution in [0, 0.1) is 3.57 Å². The molecule has 0 radical (unpaired) electrons. The highest BCUT2D eigenvalue weighted by Gasteiger charge is 2.34. The number of sulfone groups is 1. The summed E-state index contributed by atoms with van der Waals surface area (Å²) in [5.41, 5.74) is 5.12. The number of hydrogen-bond acceptors (Lipinski definition) is 4. The number of hydrazone groups is 1. The van der Waals surface area contributed by atoms with Gasteiger partial charge in [0.1, 0.15) is 0 Å². The summed E-state index contributed by atoms with van der Waals surface area (Å²) < 4.78 is 26.0. The molecule has 1 aliphatic rings. The van der Waals surface area contributed by atoms with Gasteiger partial charge in [-0.3, -0.25) is 5.43 Å². The van der Waals surface area contributed by atoms with Crippen LogP contribution >= 0.6 is 34.2 Å². The number of halogens is 2. The van der Waals surface area contributed by atoms with Crippen molar-refractivity contribution in [1.82, 2.24) is 0 Å². The summed E-state index contributed by atoms with van der Waals surface area (Å²) in [5, 5.41) is 4.41. The van der Waals surface area contributed by atoms with Crippen LogP contribution in [0.15, 0.2) is 52.5 Å². The number of hydrogen-bond donors (Lipinski definition) is 1. The Balaban J connectivity index is 2.01. The molecule has 0 unspecified atom stereocenters. The molecular weight excluding hydrogens is 447 g/mol. The van der Waals surface area contributed by atoms with Gasteiger partial charge in [0.05, 0.1) is 21.5 Å². The summed E-state index contributed by atoms with van der Waals surface area (Å²) in [6, 6.07) is 12.6. The molecule has 0 amide bonds. The van der Waals surface area contributed by atoms with E-state index in [1.54, 1.807) is 25.1 Å². The number of rotatable bonds is 2. The van der Waals surface area contributed by atoms with Crippen LogP contribution in [-0.2, 0) is 9.84 Å². The average molecular weight is 461 g/mol. The van der Waals surface area contributed by atoms with Crippen molar-refractivity contribution in [3.05, 3.63) is 56.6 Å². The molecule has 0 bridgehead atoms. The number of anilines is 1. The Morgan fingerprint density at radius 1 is 1.22 bits per heavy atom. The van der Waals surface area contributed by atoms with Crippen molar-refractivity contribution in [2.24, 2.45) is 5.10 Å². The molecule has 1 N–H and O–H groups in total. The van der Waals surface area contributed by atoms with Crippen LogP contribution in [0.25, 0.3) is 0 Å². The van der Waals surface area contributed by atoms with Crippen molar-refractivity contribution in [2.45, 2.75) is 23.5 Å². The van der Waals surface area contributed by atoms with Gasteiger partial charge < -0.3 is 0 Å². The van der Waals surface area contributed by atoms with E-state index in [-0.39, 0.29) is 0 Å². The van der Waals surface area contributed by atoms with Crippen LogP contribution in [0.3, 0.4) is 0 Å². The first kappa shape index (κ1) is 16.7. The molecule has 0 aromatic heterocycles. The maximum Gasteiger partial charge on any atom is 0.182 e. The van der Waals surface area contributed by atoms with E-state index in [4.69, 9.17) is 11.6 Å². The first-order valence-corrected chi connectivity index (χ1v) is 10.00. The third-order valence-electron chi connectivity index (χ3n) is 3.73. The molecule has 2 aromatic rings. The van der Waals surface area contributed by atoms with Crippen LogP contribution in [0.1, 0.15) is 18.9 Å². The zero-order valence-corrected chi connectivity index (χ0v) is 16.0. The summed E-state index contributed by atoms with van der Waals surface area (Å²) in [6.45, 7) is 1.70. The third kappa shape index (κ3) is 3.39. The van der Waals surface area contributed by atoms with Gasteiger partial charge in [0.15, 0.2) is 9.84 Å². The van der Waals surface area contributed by atoms with E-state index in [1.807, 2.05) is 24.3 Å². The van der Waals surface area contributed by atoms with E-state index in [0.717, 1.165) is 9.26 Å². The van der Waals surface area contributed by atoms with Crippen molar-refractivity contribution in [2.75, 3.05) is 5.43 Å². The molecule has 23 heavy (non-hydrogen) atoms. The maximum absolute atomic E-state index is 12.5. The van der Waals surface area contributed by atoms with E-state index in [0.29, 0.717) is 27.6 Å². The Morgan fingerprint density at radius 3 is 2.61 bits per heavy atom. The van der Waals surface area contributed by atoms with Crippen LogP contribution in [0.2, 0.25) is 5.02 Å². The summed E-state index contributed by atoms with van der Waals surface area (Å²) in [5.74, 6) is 0. The summed E-state index contributed by atoms with van der Waals surface area (Å²) in [4.78, 5) is 0.295. The highest BCUT2D eigenvalue weighted by Crippen LogP contribution is 2.32. The van der Waals surface area contributed by atoms with Crippen LogP contribution < -0.4 is 5.43 Å². The Bertz CT molecular complexity index is 879. The highest BCUT2D eigenvalue weighted by atomic mass is 127. The van der Waals surface area contributed by atoms with Crippen molar-refractivity contribution in [3.63, 3.8) is 0 Å². The normalized spacial score (nSPS) is 21.0. The second-order valence-corrected chi connectivity index (χ2v) is 9.39. The molecule has 0 fully saturated rings. The van der Waals surface area contributed by atoms with Crippen LogP contribution in [0.4, 0.5) is 5.69 Å². The van der Waals surface area contributed by atoms with Crippen molar-refractivity contribution in [3.8, 4) is 0 Å². The van der Waals surface area contributed by atoms with Crippen LogP contribution in [0.5, 0.6) is 0 Å². The molecule has 7 heteroatoms. The van der Waals surface area contributed by atoms with E-state index >= 15 is 0 Å². The van der Waals surface area contributed by atoms with Gasteiger partial charge >= 0.3 is 0 Å². The molecule has 1 heterocycles. The van der Waals surface area contributed by atoms with E-state index in [1.165, 1.54) is 0 Å². The lowest BCUT2D eigenvalue weighted by atomic mass is 10.1. The second kappa shape index (κ2) is 6.41. The molecule has 0 saturated carbocycles. The number of nitrogens with one attached hydrogen (secondary N) is 1. The quantitative estimate of drug-likeness (QED) is 0.536. The minimum absolute atomic E-state index is 0.295. The average Bonchev–Trinajstić information content (AvgIpc) is 2.51. The number of nitrogens with zero attached hydrogens (tertiary/aromatic N) is 1. The molecule has 4 nitrogen and oxygen atoms in total. The number of benzene rings is 2. The topological polar surface area (TPSA) is 58.5 Å². The summed E-state index contributed by atoms with van der Waals surface area (Å²) in [6.07, 6.45) is 0.354. The standard InChI is InChI=1S/C16H14ClIN2O2S/c1-10-8-15(20-19-13-5-3-12(18)4-6-13)14-9-11(17)2-7-16(14)23(10,21)22/h2-7,9-10,19H,8H2,1H3/b20-15-/t10-/m0/s1. The van der Waals surface area contributed by atoms with Crippen molar-refractivity contribution in [1.29, 1.82) is 0 Å². The Morgan fingerprint density at radius 2 is 1.91 bits per heavy atom. The summed E-state index contributed by atoms with van der Waals surface area (Å²) in [7, 11) is -3.33. The zero-order valence-electron chi connectivity index (χ0n) is 12.3. The molecular formula is C16H14ClIN2O2S. The van der Waals surface area contributed by atoms with Gasteiger partial charge in [0.25, 0.3) is 0 Å². The molecule has 1 atom stereocenters. The Labute approximate surface area is 154 Å². The SMILES string of the molecule is C[C@H]1C/C(=N/Nc2ccc(I)cc2)c2cc(Cl)ccc2S1(=O)=O. The lowest BCUT2D eigenvalue weighted by Crippen LogP contribution is -2.30. The zero-order chi connectivity index (χ0) is 16.6. The fourth-order valence-electron chi connectivity index (χ4n) is 2.45. The molecule has 120 valence electrons. The minimum Gasteiger partial charge on any atom is -0.278 e. The molecule has 1 aliphatic heterocycles. The largest absolute Gasteiger partial charge is 0.278 e. The van der Waals surface area contributed by atoms with Gasteiger partial charge in [-0.15, -0.1) is 0 Å². The van der Waals surface area contributed by atoms with Gasteiger partial charge in [0, 0.05) is 20.6 Å². The molecule has 0 aliphatic carbocycles. The first-order chi connectivity index (χ1) is 10.9. The third-order valence-corrected chi connectivity index (χ3v) is 6.88. The smallest absolute Gasteiger partial charge is 0.182 e. The van der Waals surface area contributed by atoms with Gasteiger partial charge in [-0.25, -0.2) is 8.42 Å². The van der Waals surface area contributed by atoms with Gasteiger partial charge in [-0.1, -0.05) is 11.6 Å². The first-order valence-electron chi connectivity index (χ1n) is 7.00. The molecule has 0 spiro atoms. The summed E-state index contributed by atoms with van der Waals surface area (Å²) >= 11 is 8.27. The fourth-order valence-corrected chi connectivity index (χ4v) is 4.53. The predicted octanol–water partition coefficient (Wildman–Crippen LogP) is 4.33. The lowest BCUT2D eigenvalue weighted by Gasteiger charge is -2.23. The minimum atomic E-state index is -3.33. The molecule has 0 saturated heterocycles. The van der Waals surface area contributed by atoms with Crippen molar-refractivity contribution < 1.29 is 8.42 Å². The Kier molecular flexibility index (Phi) is 4.66. The van der Waals surface area contributed by atoms with Crippen molar-refractivity contribution >= 4 is 55.4 Å². The highest BCUT2D eigenvalue weighted by molar-refractivity contribution is 14.1. The van der Waals surface area contributed by atoms with Gasteiger partial charge in [0.2, 0.25) is 0 Å². The maximum atomic E-state index is 12.5. The Hall–Kier alpha value is -1.12. The monoisotopic (exact) mass is 460 g/mol. The molecule has 3 rings (SSSR count). The molecule has 2 aromatic carbocycles. The fraction of sp³-hybridized carbons (Fsp3) is 0.188. The predicted molar refractivity (Wildman–Crippen MR) is 102 cm³/mol. The van der Waals surface area contributed by atoms with Gasteiger partial charge in [-0.2, -0.15) is 5.10 Å². The van der Waals surface area contributed by atoms with E-state index in [9.17, 15) is 8.42 Å². The van der Waals surface area contributed by atoms with E-state index < -0.39 is 15.1 Å². The van der Waals surface area contributed by atoms with E-state index in [2.05, 4.69) is 33.1 Å². The lowest BCUT2D eigenvalue weighted by molar-refractivity contribution is 0.582. The van der Waals surface area contributed by atoms with Crippen LogP contribution in [-0.4, -0.2) is 19.4 Å². The number of fused-ring (bicyclic) bond motifs is 1. The van der Waals surface area contributed by atoms with Gasteiger partial charge in [-0.05, 0) is 72.0 Å².